The maximum Gasteiger partial charge on any atom is 0.126 e. The SMILES string of the molecule is CCCC1Cc2c(N)cccc2O1.CCCC1Cc2c(O)cccc2O1. The second-order valence-corrected chi connectivity index (χ2v) is 7.04. The lowest BCUT2D eigenvalue weighted by atomic mass is 10.1. The van der Waals surface area contributed by atoms with Crippen LogP contribution in [0, 0.1) is 0 Å². The van der Waals surface area contributed by atoms with Gasteiger partial charge in [0.25, 0.3) is 0 Å². The number of phenols is 1. The van der Waals surface area contributed by atoms with Gasteiger partial charge in [0.2, 0.25) is 0 Å². The average Bonchev–Trinajstić information content (AvgIpc) is 3.21. The summed E-state index contributed by atoms with van der Waals surface area (Å²) in [6, 6.07) is 11.4. The standard InChI is InChI=1S/C11H15NO.C11H14O2/c2*1-2-4-8-7-9-10(12)5-3-6-11(9)13-8/h3,5-6,8H,2,4,7,12H2,1H3;3,5-6,8,12H,2,4,7H2,1H3. The van der Waals surface area contributed by atoms with Crippen LogP contribution in [0.1, 0.15) is 50.7 Å². The second-order valence-electron chi connectivity index (χ2n) is 7.04. The molecule has 140 valence electrons. The molecule has 0 saturated heterocycles. The van der Waals surface area contributed by atoms with Gasteiger partial charge in [0.1, 0.15) is 29.5 Å². The van der Waals surface area contributed by atoms with Gasteiger partial charge in [0.05, 0.1) is 0 Å². The van der Waals surface area contributed by atoms with E-state index in [4.69, 9.17) is 15.2 Å². The van der Waals surface area contributed by atoms with E-state index < -0.39 is 0 Å². The van der Waals surface area contributed by atoms with Crippen molar-refractivity contribution in [3.63, 3.8) is 0 Å². The predicted molar refractivity (Wildman–Crippen MR) is 105 cm³/mol. The minimum atomic E-state index is 0.272. The van der Waals surface area contributed by atoms with E-state index in [0.29, 0.717) is 11.9 Å². The highest BCUT2D eigenvalue weighted by atomic mass is 16.5. The summed E-state index contributed by atoms with van der Waals surface area (Å²) in [4.78, 5) is 0. The molecule has 0 amide bonds. The second kappa shape index (κ2) is 8.35. The zero-order chi connectivity index (χ0) is 18.5. The summed E-state index contributed by atoms with van der Waals surface area (Å²) < 4.78 is 11.4. The number of anilines is 1. The number of nitrogen functional groups attached to an aromatic ring is 1. The summed E-state index contributed by atoms with van der Waals surface area (Å²) in [6.07, 6.45) is 6.93. The van der Waals surface area contributed by atoms with E-state index in [1.165, 1.54) is 12.0 Å². The molecule has 0 fully saturated rings. The molecular formula is C22H29NO3. The first kappa shape index (κ1) is 18.4. The third kappa shape index (κ3) is 4.06. The van der Waals surface area contributed by atoms with Crippen molar-refractivity contribution in [3.05, 3.63) is 47.5 Å². The number of hydrogen-bond donors (Lipinski definition) is 2. The zero-order valence-electron chi connectivity index (χ0n) is 15.7. The molecule has 2 aromatic carbocycles. The number of phenolic OH excluding ortho intramolecular Hbond substituents is 1. The first-order valence-electron chi connectivity index (χ1n) is 9.63. The van der Waals surface area contributed by atoms with Crippen LogP contribution < -0.4 is 15.2 Å². The van der Waals surface area contributed by atoms with Gasteiger partial charge in [0, 0.05) is 29.7 Å². The van der Waals surface area contributed by atoms with Gasteiger partial charge >= 0.3 is 0 Å². The number of nitrogens with two attached hydrogens (primary N) is 1. The number of hydrogen-bond acceptors (Lipinski definition) is 4. The van der Waals surface area contributed by atoms with Crippen LogP contribution in [0.2, 0.25) is 0 Å². The Morgan fingerprint density at radius 1 is 0.885 bits per heavy atom. The number of benzene rings is 2. The molecule has 0 radical (unpaired) electrons. The van der Waals surface area contributed by atoms with Gasteiger partial charge < -0.3 is 20.3 Å². The first-order valence-corrected chi connectivity index (χ1v) is 9.63. The van der Waals surface area contributed by atoms with Crippen molar-refractivity contribution in [2.75, 3.05) is 5.73 Å². The van der Waals surface area contributed by atoms with E-state index in [1.54, 1.807) is 6.07 Å². The van der Waals surface area contributed by atoms with Crippen LogP contribution >= 0.6 is 0 Å². The molecule has 2 aliphatic heterocycles. The molecule has 0 bridgehead atoms. The fraction of sp³-hybridized carbons (Fsp3) is 0.455. The molecule has 4 rings (SSSR count). The van der Waals surface area contributed by atoms with E-state index in [-0.39, 0.29) is 6.10 Å². The lowest BCUT2D eigenvalue weighted by Gasteiger charge is -2.07. The van der Waals surface area contributed by atoms with Gasteiger partial charge in [-0.1, -0.05) is 38.8 Å². The fourth-order valence-electron chi connectivity index (χ4n) is 3.64. The fourth-order valence-corrected chi connectivity index (χ4v) is 3.64. The van der Waals surface area contributed by atoms with Crippen molar-refractivity contribution in [1.82, 2.24) is 0 Å². The minimum Gasteiger partial charge on any atom is -0.508 e. The van der Waals surface area contributed by atoms with Gasteiger partial charge in [-0.05, 0) is 37.1 Å². The number of fused-ring (bicyclic) bond motifs is 2. The third-order valence-corrected chi connectivity index (χ3v) is 4.95. The molecule has 2 unspecified atom stereocenters. The molecule has 2 atom stereocenters. The van der Waals surface area contributed by atoms with Crippen LogP contribution in [-0.2, 0) is 12.8 Å². The van der Waals surface area contributed by atoms with Crippen molar-refractivity contribution in [2.24, 2.45) is 0 Å². The lowest BCUT2D eigenvalue weighted by Crippen LogP contribution is -2.11. The highest BCUT2D eigenvalue weighted by Gasteiger charge is 2.24. The summed E-state index contributed by atoms with van der Waals surface area (Å²) in [7, 11) is 0. The largest absolute Gasteiger partial charge is 0.508 e. The van der Waals surface area contributed by atoms with Crippen molar-refractivity contribution >= 4 is 5.69 Å². The van der Waals surface area contributed by atoms with E-state index >= 15 is 0 Å². The normalized spacial score (nSPS) is 19.6. The molecule has 4 nitrogen and oxygen atoms in total. The monoisotopic (exact) mass is 355 g/mol. The third-order valence-electron chi connectivity index (χ3n) is 4.95. The van der Waals surface area contributed by atoms with E-state index in [1.807, 2.05) is 30.3 Å². The van der Waals surface area contributed by atoms with Crippen LogP contribution in [0.25, 0.3) is 0 Å². The smallest absolute Gasteiger partial charge is 0.126 e. The molecule has 2 aliphatic rings. The van der Waals surface area contributed by atoms with Gasteiger partial charge in [0.15, 0.2) is 0 Å². The number of aromatic hydroxyl groups is 1. The Kier molecular flexibility index (Phi) is 5.92. The summed E-state index contributed by atoms with van der Waals surface area (Å²) in [5, 5.41) is 9.54. The van der Waals surface area contributed by atoms with Gasteiger partial charge in [-0.25, -0.2) is 0 Å². The van der Waals surface area contributed by atoms with Crippen LogP contribution in [0.15, 0.2) is 36.4 Å². The van der Waals surface area contributed by atoms with Gasteiger partial charge in [-0.15, -0.1) is 0 Å². The molecular weight excluding hydrogens is 326 g/mol. The first-order chi connectivity index (χ1) is 12.6. The number of ether oxygens (including phenoxy) is 2. The van der Waals surface area contributed by atoms with Crippen molar-refractivity contribution in [1.29, 1.82) is 0 Å². The van der Waals surface area contributed by atoms with Gasteiger partial charge in [-0.2, -0.15) is 0 Å². The van der Waals surface area contributed by atoms with Gasteiger partial charge in [-0.3, -0.25) is 0 Å². The van der Waals surface area contributed by atoms with Crippen molar-refractivity contribution < 1.29 is 14.6 Å². The van der Waals surface area contributed by atoms with Crippen molar-refractivity contribution in [3.8, 4) is 17.2 Å². The Morgan fingerprint density at radius 2 is 1.42 bits per heavy atom. The summed E-state index contributed by atoms with van der Waals surface area (Å²) in [6.45, 7) is 4.32. The van der Waals surface area contributed by atoms with Crippen molar-refractivity contribution in [2.45, 2.75) is 64.6 Å². The topological polar surface area (TPSA) is 64.7 Å². The Balaban J connectivity index is 0.000000151. The Morgan fingerprint density at radius 3 is 1.96 bits per heavy atom. The lowest BCUT2D eigenvalue weighted by molar-refractivity contribution is 0.220. The average molecular weight is 355 g/mol. The summed E-state index contributed by atoms with van der Waals surface area (Å²) >= 11 is 0. The molecule has 0 aliphatic carbocycles. The number of rotatable bonds is 4. The quantitative estimate of drug-likeness (QED) is 0.768. The highest BCUT2D eigenvalue weighted by Crippen LogP contribution is 2.36. The predicted octanol–water partition coefficient (Wildman–Crippen LogP) is 4.87. The Labute approximate surface area is 155 Å². The summed E-state index contributed by atoms with van der Waals surface area (Å²) in [5.41, 5.74) is 8.89. The molecule has 3 N–H and O–H groups in total. The van der Waals surface area contributed by atoms with Crippen LogP contribution in [0.4, 0.5) is 5.69 Å². The molecule has 26 heavy (non-hydrogen) atoms. The van der Waals surface area contributed by atoms with E-state index in [2.05, 4.69) is 13.8 Å². The van der Waals surface area contributed by atoms with E-state index in [0.717, 1.165) is 54.9 Å². The maximum atomic E-state index is 9.54. The van der Waals surface area contributed by atoms with Crippen LogP contribution in [0.3, 0.4) is 0 Å². The molecule has 0 spiro atoms. The van der Waals surface area contributed by atoms with Crippen LogP contribution in [-0.4, -0.2) is 17.3 Å². The molecule has 2 heterocycles. The maximum absolute atomic E-state index is 9.54. The molecule has 2 aromatic rings. The molecule has 0 saturated carbocycles. The summed E-state index contributed by atoms with van der Waals surface area (Å²) in [5.74, 6) is 2.22. The van der Waals surface area contributed by atoms with E-state index in [9.17, 15) is 5.11 Å². The van der Waals surface area contributed by atoms with Crippen LogP contribution in [0.5, 0.6) is 17.2 Å². The molecule has 4 heteroatoms. The zero-order valence-corrected chi connectivity index (χ0v) is 15.7. The highest BCUT2D eigenvalue weighted by molar-refractivity contribution is 5.56. The Bertz CT molecular complexity index is 681. The Hall–Kier alpha value is -2.36. The molecule has 0 aromatic heterocycles. The minimum absolute atomic E-state index is 0.272.